The third-order valence-corrected chi connectivity index (χ3v) is 4.98. The van der Waals surface area contributed by atoms with Crippen LogP contribution in [0, 0.1) is 0 Å². The number of tetrazole rings is 1. The third-order valence-electron chi connectivity index (χ3n) is 3.72. The Labute approximate surface area is 163 Å². The molecule has 0 fully saturated rings. The maximum atomic E-state index is 12.2. The van der Waals surface area contributed by atoms with Crippen LogP contribution in [-0.4, -0.2) is 31.2 Å². The molecule has 0 amide bonds. The van der Waals surface area contributed by atoms with Gasteiger partial charge in [0.2, 0.25) is 0 Å². The quantitative estimate of drug-likeness (QED) is 0.476. The second-order valence-electron chi connectivity index (χ2n) is 5.50. The van der Waals surface area contributed by atoms with Gasteiger partial charge in [-0.2, -0.15) is 0 Å². The molecule has 0 aliphatic rings. The van der Waals surface area contributed by atoms with E-state index in [0.717, 1.165) is 16.3 Å². The van der Waals surface area contributed by atoms with Crippen molar-refractivity contribution in [1.82, 2.24) is 25.2 Å². The van der Waals surface area contributed by atoms with Crippen molar-refractivity contribution in [3.05, 3.63) is 76.5 Å². The van der Waals surface area contributed by atoms with Gasteiger partial charge >= 0.3 is 5.97 Å². The van der Waals surface area contributed by atoms with Gasteiger partial charge in [-0.1, -0.05) is 29.8 Å². The number of benzene rings is 2. The summed E-state index contributed by atoms with van der Waals surface area (Å²) in [6.45, 7) is 0.0918. The molecule has 0 spiro atoms. The van der Waals surface area contributed by atoms with Gasteiger partial charge in [-0.05, 0) is 40.8 Å². The Morgan fingerprint density at radius 2 is 1.96 bits per heavy atom. The van der Waals surface area contributed by atoms with Crippen LogP contribution < -0.4 is 0 Å². The highest BCUT2D eigenvalue weighted by Gasteiger charge is 2.11. The zero-order valence-electron chi connectivity index (χ0n) is 13.8. The maximum absolute atomic E-state index is 12.2. The molecule has 0 bridgehead atoms. The van der Waals surface area contributed by atoms with Gasteiger partial charge in [-0.15, -0.1) is 16.4 Å². The zero-order chi connectivity index (χ0) is 18.6. The molecular formula is C18H12ClN5O2S. The number of halogens is 1. The number of rotatable bonds is 5. The van der Waals surface area contributed by atoms with E-state index in [2.05, 4.69) is 20.5 Å². The molecule has 27 heavy (non-hydrogen) atoms. The highest BCUT2D eigenvalue weighted by atomic mass is 35.5. The fourth-order valence-corrected chi connectivity index (χ4v) is 3.51. The van der Waals surface area contributed by atoms with E-state index >= 15 is 0 Å². The van der Waals surface area contributed by atoms with Crippen LogP contribution >= 0.6 is 22.9 Å². The Morgan fingerprint density at radius 3 is 2.70 bits per heavy atom. The molecule has 0 N–H and O–H groups in total. The molecule has 0 aliphatic heterocycles. The SMILES string of the molecule is O=C(OCc1csc(-c2ccccc2Cl)n1)c1ccc(-n2cnnn2)cc1. The first kappa shape index (κ1) is 17.3. The highest BCUT2D eigenvalue weighted by molar-refractivity contribution is 7.13. The molecule has 0 saturated carbocycles. The average Bonchev–Trinajstić information content (AvgIpc) is 3.39. The zero-order valence-corrected chi connectivity index (χ0v) is 15.4. The predicted molar refractivity (Wildman–Crippen MR) is 101 cm³/mol. The minimum Gasteiger partial charge on any atom is -0.456 e. The Kier molecular flexibility index (Phi) is 4.91. The van der Waals surface area contributed by atoms with Gasteiger partial charge in [0, 0.05) is 10.9 Å². The summed E-state index contributed by atoms with van der Waals surface area (Å²) in [5, 5.41) is 14.2. The van der Waals surface area contributed by atoms with Crippen LogP contribution in [0.4, 0.5) is 0 Å². The van der Waals surface area contributed by atoms with Crippen LogP contribution in [0.3, 0.4) is 0 Å². The summed E-state index contributed by atoms with van der Waals surface area (Å²) in [4.78, 5) is 16.7. The van der Waals surface area contributed by atoms with E-state index in [1.54, 1.807) is 24.3 Å². The van der Waals surface area contributed by atoms with Crippen LogP contribution in [0.15, 0.2) is 60.2 Å². The molecule has 4 rings (SSSR count). The fourth-order valence-electron chi connectivity index (χ4n) is 2.38. The lowest BCUT2D eigenvalue weighted by Crippen LogP contribution is -2.06. The summed E-state index contributed by atoms with van der Waals surface area (Å²) in [5.74, 6) is -0.425. The summed E-state index contributed by atoms with van der Waals surface area (Å²) in [5.41, 5.74) is 2.72. The molecule has 0 radical (unpaired) electrons. The number of carbonyl (C=O) groups excluding carboxylic acids is 1. The number of nitrogens with zero attached hydrogens (tertiary/aromatic N) is 5. The van der Waals surface area contributed by atoms with Crippen molar-refractivity contribution >= 4 is 28.9 Å². The minimum absolute atomic E-state index is 0.0918. The van der Waals surface area contributed by atoms with E-state index in [0.29, 0.717) is 16.3 Å². The molecular weight excluding hydrogens is 386 g/mol. The number of aromatic nitrogens is 5. The van der Waals surface area contributed by atoms with Crippen molar-refractivity contribution < 1.29 is 9.53 Å². The monoisotopic (exact) mass is 397 g/mol. The first-order chi connectivity index (χ1) is 13.2. The number of esters is 1. The van der Waals surface area contributed by atoms with Gasteiger partial charge in [0.05, 0.1) is 22.0 Å². The van der Waals surface area contributed by atoms with Crippen LogP contribution in [-0.2, 0) is 11.3 Å². The summed E-state index contributed by atoms with van der Waals surface area (Å²) in [7, 11) is 0. The minimum atomic E-state index is -0.425. The molecule has 2 heterocycles. The number of hydrogen-bond donors (Lipinski definition) is 0. The second-order valence-corrected chi connectivity index (χ2v) is 6.77. The molecule has 0 atom stereocenters. The lowest BCUT2D eigenvalue weighted by atomic mass is 10.2. The van der Waals surface area contributed by atoms with E-state index < -0.39 is 5.97 Å². The second kappa shape index (κ2) is 7.65. The number of carbonyl (C=O) groups is 1. The summed E-state index contributed by atoms with van der Waals surface area (Å²) < 4.78 is 6.85. The van der Waals surface area contributed by atoms with Crippen molar-refractivity contribution in [1.29, 1.82) is 0 Å². The summed E-state index contributed by atoms with van der Waals surface area (Å²) in [6, 6.07) is 14.3. The molecule has 2 aromatic heterocycles. The van der Waals surface area contributed by atoms with E-state index in [1.807, 2.05) is 29.6 Å². The standard InChI is InChI=1S/C18H12ClN5O2S/c19-16-4-2-1-3-15(16)17-21-13(10-27-17)9-26-18(25)12-5-7-14(8-6-12)24-11-20-22-23-24/h1-8,10-11H,9H2. The van der Waals surface area contributed by atoms with Gasteiger partial charge in [0.1, 0.15) is 17.9 Å². The maximum Gasteiger partial charge on any atom is 0.338 e. The average molecular weight is 398 g/mol. The third kappa shape index (κ3) is 3.86. The molecule has 9 heteroatoms. The van der Waals surface area contributed by atoms with Crippen LogP contribution in [0.25, 0.3) is 16.3 Å². The van der Waals surface area contributed by atoms with E-state index in [1.165, 1.54) is 22.3 Å². The summed E-state index contributed by atoms with van der Waals surface area (Å²) in [6.07, 6.45) is 1.48. The Hall–Kier alpha value is -3.10. The van der Waals surface area contributed by atoms with Crippen LogP contribution in [0.5, 0.6) is 0 Å². The van der Waals surface area contributed by atoms with Gasteiger partial charge in [0.25, 0.3) is 0 Å². The van der Waals surface area contributed by atoms with Crippen molar-refractivity contribution in [3.63, 3.8) is 0 Å². The highest BCUT2D eigenvalue weighted by Crippen LogP contribution is 2.30. The number of ether oxygens (including phenoxy) is 1. The Balaban J connectivity index is 1.40. The van der Waals surface area contributed by atoms with Crippen molar-refractivity contribution in [3.8, 4) is 16.3 Å². The van der Waals surface area contributed by atoms with Gasteiger partial charge in [-0.25, -0.2) is 14.5 Å². The molecule has 7 nitrogen and oxygen atoms in total. The van der Waals surface area contributed by atoms with Gasteiger partial charge < -0.3 is 4.74 Å². The van der Waals surface area contributed by atoms with E-state index in [-0.39, 0.29) is 6.61 Å². The lowest BCUT2D eigenvalue weighted by molar-refractivity contribution is 0.0468. The lowest BCUT2D eigenvalue weighted by Gasteiger charge is -2.04. The number of thiazole rings is 1. The summed E-state index contributed by atoms with van der Waals surface area (Å²) >= 11 is 7.65. The fraction of sp³-hybridized carbons (Fsp3) is 0.0556. The van der Waals surface area contributed by atoms with Gasteiger partial charge in [0.15, 0.2) is 0 Å². The predicted octanol–water partition coefficient (Wildman–Crippen LogP) is 3.80. The Morgan fingerprint density at radius 1 is 1.15 bits per heavy atom. The molecule has 0 unspecified atom stereocenters. The molecule has 134 valence electrons. The number of hydrogen-bond acceptors (Lipinski definition) is 7. The normalized spacial score (nSPS) is 10.7. The van der Waals surface area contributed by atoms with Crippen LogP contribution in [0.1, 0.15) is 16.1 Å². The molecule has 4 aromatic rings. The van der Waals surface area contributed by atoms with Crippen LogP contribution in [0.2, 0.25) is 5.02 Å². The van der Waals surface area contributed by atoms with E-state index in [9.17, 15) is 4.79 Å². The largest absolute Gasteiger partial charge is 0.456 e. The van der Waals surface area contributed by atoms with E-state index in [4.69, 9.17) is 16.3 Å². The first-order valence-electron chi connectivity index (χ1n) is 7.90. The smallest absolute Gasteiger partial charge is 0.338 e. The molecule has 2 aromatic carbocycles. The first-order valence-corrected chi connectivity index (χ1v) is 9.16. The van der Waals surface area contributed by atoms with Gasteiger partial charge in [-0.3, -0.25) is 0 Å². The van der Waals surface area contributed by atoms with Crippen molar-refractivity contribution in [2.45, 2.75) is 6.61 Å². The van der Waals surface area contributed by atoms with Crippen molar-refractivity contribution in [2.75, 3.05) is 0 Å². The topological polar surface area (TPSA) is 82.8 Å². The Bertz CT molecular complexity index is 1060. The molecule has 0 aliphatic carbocycles. The van der Waals surface area contributed by atoms with Crippen molar-refractivity contribution in [2.24, 2.45) is 0 Å². The molecule has 0 saturated heterocycles.